The van der Waals surface area contributed by atoms with E-state index < -0.39 is 5.97 Å². The monoisotopic (exact) mass is 446 g/mol. The van der Waals surface area contributed by atoms with Crippen LogP contribution in [0.4, 0.5) is 0 Å². The van der Waals surface area contributed by atoms with Crippen LogP contribution in [0.2, 0.25) is 0 Å². The van der Waals surface area contributed by atoms with E-state index in [-0.39, 0.29) is 5.92 Å². The number of carbonyl (C=O) groups excluding carboxylic acids is 1. The highest BCUT2D eigenvalue weighted by molar-refractivity contribution is 9.11. The Morgan fingerprint density at radius 2 is 1.79 bits per heavy atom. The van der Waals surface area contributed by atoms with E-state index in [2.05, 4.69) is 50.6 Å². The number of methoxy groups -OCH3 is 1. The van der Waals surface area contributed by atoms with Gasteiger partial charge in [0.1, 0.15) is 0 Å². The summed E-state index contributed by atoms with van der Waals surface area (Å²) in [5.41, 5.74) is 4.89. The maximum Gasteiger partial charge on any atom is 0.334 e. The van der Waals surface area contributed by atoms with Crippen molar-refractivity contribution in [1.82, 2.24) is 0 Å². The third kappa shape index (κ3) is 3.01. The van der Waals surface area contributed by atoms with Gasteiger partial charge in [0.25, 0.3) is 0 Å². The Labute approximate surface area is 158 Å². The molecule has 0 fully saturated rings. The van der Waals surface area contributed by atoms with Gasteiger partial charge in [-0.1, -0.05) is 80.9 Å². The highest BCUT2D eigenvalue weighted by Gasteiger charge is 2.33. The van der Waals surface area contributed by atoms with Crippen molar-refractivity contribution in [3.63, 3.8) is 0 Å². The summed E-state index contributed by atoms with van der Waals surface area (Å²) in [5, 5.41) is 0. The molecule has 0 heterocycles. The minimum absolute atomic E-state index is 0.272. The maximum atomic E-state index is 12.2. The normalized spacial score (nSPS) is 14.3. The fourth-order valence-corrected chi connectivity index (χ4v) is 4.39. The molecule has 1 aliphatic carbocycles. The molecule has 0 unspecified atom stereocenters. The third-order valence-corrected chi connectivity index (χ3v) is 5.68. The van der Waals surface area contributed by atoms with Crippen molar-refractivity contribution >= 4 is 43.4 Å². The molecule has 0 bridgehead atoms. The van der Waals surface area contributed by atoms with Gasteiger partial charge in [0, 0.05) is 26.9 Å². The van der Waals surface area contributed by atoms with Gasteiger partial charge in [0.2, 0.25) is 0 Å². The Morgan fingerprint density at radius 3 is 2.50 bits per heavy atom. The van der Waals surface area contributed by atoms with Gasteiger partial charge >= 0.3 is 5.97 Å². The Hall–Kier alpha value is -1.65. The molecule has 0 aliphatic heterocycles. The quantitative estimate of drug-likeness (QED) is 0.448. The summed E-state index contributed by atoms with van der Waals surface area (Å²) >= 11 is 7.33. The molecule has 2 aromatic carbocycles. The minimum atomic E-state index is -0.395. The molecule has 4 heteroatoms. The molecule has 1 aliphatic rings. The van der Waals surface area contributed by atoms with Crippen molar-refractivity contribution in [3.05, 3.63) is 86.3 Å². The van der Waals surface area contributed by atoms with E-state index >= 15 is 0 Å². The van der Waals surface area contributed by atoms with Gasteiger partial charge in [0.05, 0.1) is 7.11 Å². The Morgan fingerprint density at radius 1 is 1.12 bits per heavy atom. The molecule has 24 heavy (non-hydrogen) atoms. The molecule has 0 aromatic heterocycles. The zero-order valence-electron chi connectivity index (χ0n) is 13.2. The summed E-state index contributed by atoms with van der Waals surface area (Å²) in [5.74, 6) is -0.668. The number of allylic oxidation sites excluding steroid dienone is 2. The van der Waals surface area contributed by atoms with E-state index in [0.717, 1.165) is 32.1 Å². The lowest BCUT2D eigenvalue weighted by Gasteiger charge is -2.23. The van der Waals surface area contributed by atoms with Crippen molar-refractivity contribution in [2.24, 2.45) is 0 Å². The topological polar surface area (TPSA) is 26.3 Å². The molecule has 0 saturated carbocycles. The number of hydrogen-bond acceptors (Lipinski definition) is 2. The molecule has 2 aromatic rings. The summed E-state index contributed by atoms with van der Waals surface area (Å²) in [7, 11) is 1.39. The fourth-order valence-electron chi connectivity index (χ4n) is 3.13. The van der Waals surface area contributed by atoms with E-state index in [4.69, 9.17) is 4.74 Å². The molecular formula is C20H16Br2O2. The lowest BCUT2D eigenvalue weighted by Crippen LogP contribution is -2.14. The van der Waals surface area contributed by atoms with Gasteiger partial charge < -0.3 is 4.74 Å². The fraction of sp³-hybridized carbons (Fsp3) is 0.150. The summed E-state index contributed by atoms with van der Waals surface area (Å²) in [6.45, 7) is 4.04. The molecule has 0 amide bonds. The first-order chi connectivity index (χ1) is 11.5. The number of fused-ring (bicyclic) bond motifs is 1. The summed E-state index contributed by atoms with van der Waals surface area (Å²) < 4.78 is 6.97. The zero-order chi connectivity index (χ0) is 17.3. The van der Waals surface area contributed by atoms with Crippen molar-refractivity contribution in [1.29, 1.82) is 0 Å². The van der Waals surface area contributed by atoms with Gasteiger partial charge in [-0.2, -0.15) is 0 Å². The van der Waals surface area contributed by atoms with Crippen LogP contribution in [0.25, 0.3) is 5.57 Å². The van der Waals surface area contributed by atoms with Gasteiger partial charge in [0.15, 0.2) is 0 Å². The van der Waals surface area contributed by atoms with Gasteiger partial charge in [-0.15, -0.1) is 0 Å². The second-order valence-electron chi connectivity index (χ2n) is 5.62. The Kier molecular flexibility index (Phi) is 5.07. The largest absolute Gasteiger partial charge is 0.466 e. The van der Waals surface area contributed by atoms with Crippen molar-refractivity contribution in [2.75, 3.05) is 7.11 Å². The van der Waals surface area contributed by atoms with E-state index in [1.807, 2.05) is 36.4 Å². The SMILES string of the molecule is C=C(C(=O)OC)[C@H](C1=C(Br)Cc2ccccc21)c1ccccc1Br. The molecule has 0 N–H and O–H groups in total. The average Bonchev–Trinajstić information content (AvgIpc) is 2.92. The number of rotatable bonds is 4. The van der Waals surface area contributed by atoms with E-state index in [1.54, 1.807) is 0 Å². The smallest absolute Gasteiger partial charge is 0.334 e. The highest BCUT2D eigenvalue weighted by Crippen LogP contribution is 2.48. The lowest BCUT2D eigenvalue weighted by molar-refractivity contribution is -0.136. The third-order valence-electron chi connectivity index (χ3n) is 4.25. The summed E-state index contributed by atoms with van der Waals surface area (Å²) in [4.78, 5) is 12.2. The van der Waals surface area contributed by atoms with Crippen molar-refractivity contribution in [3.8, 4) is 0 Å². The first-order valence-electron chi connectivity index (χ1n) is 7.53. The number of ether oxygens (including phenoxy) is 1. The molecule has 0 radical (unpaired) electrons. The molecular weight excluding hydrogens is 432 g/mol. The lowest BCUT2D eigenvalue weighted by atomic mass is 9.82. The van der Waals surface area contributed by atoms with Crippen LogP contribution in [0.1, 0.15) is 22.6 Å². The van der Waals surface area contributed by atoms with Crippen LogP contribution in [0.3, 0.4) is 0 Å². The number of carbonyl (C=O) groups is 1. The molecule has 122 valence electrons. The first kappa shape index (κ1) is 17.2. The second kappa shape index (κ2) is 7.08. The zero-order valence-corrected chi connectivity index (χ0v) is 16.4. The van der Waals surface area contributed by atoms with Gasteiger partial charge in [-0.25, -0.2) is 4.79 Å². The predicted octanol–water partition coefficient (Wildman–Crippen LogP) is 5.62. The number of halogens is 2. The number of benzene rings is 2. The van der Waals surface area contributed by atoms with Crippen molar-refractivity contribution in [2.45, 2.75) is 12.3 Å². The van der Waals surface area contributed by atoms with E-state index in [1.165, 1.54) is 12.7 Å². The van der Waals surface area contributed by atoms with E-state index in [0.29, 0.717) is 5.57 Å². The van der Waals surface area contributed by atoms with Crippen molar-refractivity contribution < 1.29 is 9.53 Å². The number of esters is 1. The Balaban J connectivity index is 2.20. The molecule has 0 saturated heterocycles. The van der Waals surface area contributed by atoms with E-state index in [9.17, 15) is 4.79 Å². The average molecular weight is 448 g/mol. The standard InChI is InChI=1S/C20H16Br2O2/c1-12(20(23)24-2)18(15-9-5-6-10-16(15)21)19-14-8-4-3-7-13(14)11-17(19)22/h3-10,18H,1,11H2,2H3/t18-/m0/s1. The van der Waals surface area contributed by atoms with Crippen LogP contribution < -0.4 is 0 Å². The van der Waals surface area contributed by atoms with Crippen LogP contribution in [0, 0.1) is 0 Å². The van der Waals surface area contributed by atoms with Gasteiger partial charge in [-0.05, 0) is 28.3 Å². The Bertz CT molecular complexity index is 852. The summed E-state index contributed by atoms with van der Waals surface area (Å²) in [6, 6.07) is 16.2. The van der Waals surface area contributed by atoms with Crippen LogP contribution in [-0.2, 0) is 16.0 Å². The predicted molar refractivity (Wildman–Crippen MR) is 104 cm³/mol. The minimum Gasteiger partial charge on any atom is -0.466 e. The second-order valence-corrected chi connectivity index (χ2v) is 7.44. The molecule has 1 atom stereocenters. The highest BCUT2D eigenvalue weighted by atomic mass is 79.9. The summed E-state index contributed by atoms with van der Waals surface area (Å²) in [6.07, 6.45) is 0.820. The molecule has 2 nitrogen and oxygen atoms in total. The van der Waals surface area contributed by atoms with Gasteiger partial charge in [-0.3, -0.25) is 0 Å². The van der Waals surface area contributed by atoms with Crippen LogP contribution in [-0.4, -0.2) is 13.1 Å². The number of hydrogen-bond donors (Lipinski definition) is 0. The first-order valence-corrected chi connectivity index (χ1v) is 9.11. The van der Waals surface area contributed by atoms with Crippen LogP contribution >= 0.6 is 31.9 Å². The van der Waals surface area contributed by atoms with Crippen LogP contribution in [0.15, 0.2) is 69.6 Å². The molecule has 0 spiro atoms. The van der Waals surface area contributed by atoms with Crippen LogP contribution in [0.5, 0.6) is 0 Å². The maximum absolute atomic E-state index is 12.2. The molecule has 3 rings (SSSR count).